The molecule has 0 spiro atoms. The summed E-state index contributed by atoms with van der Waals surface area (Å²) in [5.41, 5.74) is 9.36. The average Bonchev–Trinajstić information content (AvgIpc) is 3.74. The molecule has 5 heteroatoms. The van der Waals surface area contributed by atoms with Crippen molar-refractivity contribution in [2.24, 2.45) is 4.99 Å². The third kappa shape index (κ3) is 4.82. The van der Waals surface area contributed by atoms with E-state index in [1.807, 2.05) is 17.4 Å². The molecule has 0 amide bonds. The highest BCUT2D eigenvalue weighted by Gasteiger charge is 2.25. The summed E-state index contributed by atoms with van der Waals surface area (Å²) in [6, 6.07) is 60.9. The highest BCUT2D eigenvalue weighted by molar-refractivity contribution is 7.26. The Hall–Kier alpha value is -6.01. The molecule has 2 N–H and O–H groups in total. The number of fused-ring (bicyclic) bond motifs is 6. The Bertz CT molecular complexity index is 2710. The lowest BCUT2D eigenvalue weighted by Gasteiger charge is -2.32. The minimum atomic E-state index is -0.168. The average molecular weight is 661 g/mol. The van der Waals surface area contributed by atoms with Crippen LogP contribution in [0.15, 0.2) is 175 Å². The van der Waals surface area contributed by atoms with Gasteiger partial charge in [-0.1, -0.05) is 127 Å². The fourth-order valence-electron chi connectivity index (χ4n) is 7.49. The van der Waals surface area contributed by atoms with Crippen molar-refractivity contribution in [2.75, 3.05) is 0 Å². The first-order chi connectivity index (χ1) is 24.8. The Kier molecular flexibility index (Phi) is 6.86. The van der Waals surface area contributed by atoms with E-state index in [-0.39, 0.29) is 12.3 Å². The Morgan fingerprint density at radius 2 is 1.18 bits per heavy atom. The predicted octanol–water partition coefficient (Wildman–Crippen LogP) is 11.2. The summed E-state index contributed by atoms with van der Waals surface area (Å²) >= 11 is 1.88. The molecule has 1 aliphatic heterocycles. The van der Waals surface area contributed by atoms with E-state index in [0.717, 1.165) is 22.6 Å². The second kappa shape index (κ2) is 11.8. The monoisotopic (exact) mass is 660 g/mol. The molecule has 0 saturated heterocycles. The lowest BCUT2D eigenvalue weighted by atomic mass is 10.0. The zero-order valence-electron chi connectivity index (χ0n) is 27.1. The van der Waals surface area contributed by atoms with Gasteiger partial charge in [0.25, 0.3) is 0 Å². The standard InChI is InChI=1S/C45H32N4S/c1-3-12-29(13-4-1)43-46-44(30-14-5-2-6-15-30)48-45(47-43)31-22-25-33(26-23-31)49-39-20-9-7-16-35(39)36-27-24-32(28-40(36)49)34-18-11-19-38-37-17-8-10-21-41(37)50-42(34)38/h1-28,43-44,46H,(H,47,48). The molecule has 2 aromatic heterocycles. The van der Waals surface area contributed by atoms with Crippen LogP contribution in [-0.4, -0.2) is 10.4 Å². The Morgan fingerprint density at radius 1 is 0.520 bits per heavy atom. The van der Waals surface area contributed by atoms with Crippen molar-refractivity contribution in [2.45, 2.75) is 12.3 Å². The maximum absolute atomic E-state index is 5.16. The van der Waals surface area contributed by atoms with Crippen LogP contribution < -0.4 is 10.6 Å². The minimum Gasteiger partial charge on any atom is -0.350 e. The van der Waals surface area contributed by atoms with Crippen LogP contribution in [0, 0.1) is 0 Å². The van der Waals surface area contributed by atoms with E-state index in [2.05, 4.69) is 179 Å². The fourth-order valence-corrected chi connectivity index (χ4v) is 8.73. The Morgan fingerprint density at radius 3 is 2.00 bits per heavy atom. The number of thiophene rings is 1. The van der Waals surface area contributed by atoms with Crippen LogP contribution >= 0.6 is 11.3 Å². The topological polar surface area (TPSA) is 41.4 Å². The molecule has 238 valence electrons. The number of nitrogens with one attached hydrogen (secondary N) is 2. The van der Waals surface area contributed by atoms with Crippen LogP contribution in [0.1, 0.15) is 29.0 Å². The smallest absolute Gasteiger partial charge is 0.131 e. The van der Waals surface area contributed by atoms with E-state index in [4.69, 9.17) is 4.99 Å². The second-order valence-electron chi connectivity index (χ2n) is 12.9. The molecular formula is C45H32N4S. The summed E-state index contributed by atoms with van der Waals surface area (Å²) < 4.78 is 5.06. The van der Waals surface area contributed by atoms with Gasteiger partial charge < -0.3 is 9.88 Å². The predicted molar refractivity (Wildman–Crippen MR) is 210 cm³/mol. The first kappa shape index (κ1) is 29.0. The molecule has 2 unspecified atom stereocenters. The lowest BCUT2D eigenvalue weighted by Crippen LogP contribution is -2.44. The molecule has 0 aliphatic carbocycles. The molecule has 7 aromatic carbocycles. The molecule has 0 bridgehead atoms. The largest absolute Gasteiger partial charge is 0.350 e. The molecular weight excluding hydrogens is 629 g/mol. The van der Waals surface area contributed by atoms with Crippen LogP contribution in [0.5, 0.6) is 0 Å². The number of amidine groups is 1. The van der Waals surface area contributed by atoms with Crippen molar-refractivity contribution >= 4 is 59.2 Å². The maximum Gasteiger partial charge on any atom is 0.131 e. The van der Waals surface area contributed by atoms with E-state index in [9.17, 15) is 0 Å². The highest BCUT2D eigenvalue weighted by atomic mass is 32.1. The number of hydrogen-bond acceptors (Lipinski definition) is 4. The minimum absolute atomic E-state index is 0.0743. The fraction of sp³-hybridized carbons (Fsp3) is 0.0444. The number of rotatable bonds is 5. The lowest BCUT2D eigenvalue weighted by molar-refractivity contribution is 0.409. The van der Waals surface area contributed by atoms with Gasteiger partial charge in [-0.3, -0.25) is 5.32 Å². The van der Waals surface area contributed by atoms with Gasteiger partial charge in [0.15, 0.2) is 0 Å². The third-order valence-corrected chi connectivity index (χ3v) is 11.1. The maximum atomic E-state index is 5.16. The number of hydrogen-bond donors (Lipinski definition) is 2. The zero-order chi connectivity index (χ0) is 33.0. The summed E-state index contributed by atoms with van der Waals surface area (Å²) in [5, 5.41) is 12.5. The summed E-state index contributed by atoms with van der Waals surface area (Å²) in [4.78, 5) is 5.16. The van der Waals surface area contributed by atoms with E-state index in [1.165, 1.54) is 58.7 Å². The van der Waals surface area contributed by atoms with Crippen molar-refractivity contribution in [3.8, 4) is 16.8 Å². The van der Waals surface area contributed by atoms with Gasteiger partial charge in [-0.2, -0.15) is 0 Å². The second-order valence-corrected chi connectivity index (χ2v) is 13.9. The molecule has 3 heterocycles. The van der Waals surface area contributed by atoms with Crippen molar-refractivity contribution in [3.63, 3.8) is 0 Å². The van der Waals surface area contributed by atoms with Gasteiger partial charge in [0, 0.05) is 42.2 Å². The molecule has 0 radical (unpaired) electrons. The van der Waals surface area contributed by atoms with E-state index in [0.29, 0.717) is 0 Å². The SMILES string of the molecule is c1ccc(C2N=C(c3ccc(-n4c5ccccc5c5ccc(-c6cccc7c6sc6ccccc67)cc54)cc3)NC(c3ccccc3)N2)cc1. The van der Waals surface area contributed by atoms with E-state index >= 15 is 0 Å². The molecule has 0 saturated carbocycles. The van der Waals surface area contributed by atoms with Gasteiger partial charge in [-0.15, -0.1) is 11.3 Å². The zero-order valence-corrected chi connectivity index (χ0v) is 27.9. The van der Waals surface area contributed by atoms with Crippen molar-refractivity contribution in [1.29, 1.82) is 0 Å². The van der Waals surface area contributed by atoms with Gasteiger partial charge in [0.05, 0.1) is 11.0 Å². The number of benzene rings is 7. The summed E-state index contributed by atoms with van der Waals surface area (Å²) in [6.45, 7) is 0. The van der Waals surface area contributed by atoms with Crippen molar-refractivity contribution in [1.82, 2.24) is 15.2 Å². The van der Waals surface area contributed by atoms with E-state index < -0.39 is 0 Å². The number of aromatic nitrogens is 1. The number of para-hydroxylation sites is 1. The summed E-state index contributed by atoms with van der Waals surface area (Å²) in [7, 11) is 0. The van der Waals surface area contributed by atoms with Crippen molar-refractivity contribution in [3.05, 3.63) is 187 Å². The molecule has 0 fully saturated rings. The highest BCUT2D eigenvalue weighted by Crippen LogP contribution is 2.41. The molecule has 4 nitrogen and oxygen atoms in total. The van der Waals surface area contributed by atoms with Gasteiger partial charge in [-0.05, 0) is 64.7 Å². The van der Waals surface area contributed by atoms with Crippen LogP contribution in [0.2, 0.25) is 0 Å². The molecule has 9 aromatic rings. The number of aliphatic imine (C=N–C) groups is 1. The molecule has 2 atom stereocenters. The summed E-state index contributed by atoms with van der Waals surface area (Å²) in [6.07, 6.45) is -0.242. The quantitative estimate of drug-likeness (QED) is 0.193. The molecule has 10 rings (SSSR count). The first-order valence-corrected chi connectivity index (χ1v) is 17.9. The summed E-state index contributed by atoms with van der Waals surface area (Å²) in [5.74, 6) is 0.874. The van der Waals surface area contributed by atoms with Crippen LogP contribution in [0.3, 0.4) is 0 Å². The van der Waals surface area contributed by atoms with Crippen LogP contribution in [0.4, 0.5) is 0 Å². The third-order valence-electron chi connectivity index (χ3n) is 9.90. The Balaban J connectivity index is 1.08. The Labute approximate surface area is 294 Å². The normalized spacial score (nSPS) is 16.2. The van der Waals surface area contributed by atoms with Gasteiger partial charge >= 0.3 is 0 Å². The van der Waals surface area contributed by atoms with Gasteiger partial charge in [0.1, 0.15) is 18.2 Å². The van der Waals surface area contributed by atoms with Gasteiger partial charge in [-0.25, -0.2) is 4.99 Å². The van der Waals surface area contributed by atoms with E-state index in [1.54, 1.807) is 0 Å². The molecule has 50 heavy (non-hydrogen) atoms. The molecule has 1 aliphatic rings. The number of nitrogens with zero attached hydrogens (tertiary/aromatic N) is 2. The first-order valence-electron chi connectivity index (χ1n) is 17.0. The van der Waals surface area contributed by atoms with Crippen LogP contribution in [0.25, 0.3) is 58.8 Å². The van der Waals surface area contributed by atoms with Gasteiger partial charge in [0.2, 0.25) is 0 Å². The van der Waals surface area contributed by atoms with Crippen LogP contribution in [-0.2, 0) is 0 Å². The van der Waals surface area contributed by atoms with Crippen molar-refractivity contribution < 1.29 is 0 Å².